The number of aromatic hydroxyl groups is 1. The van der Waals surface area contributed by atoms with Gasteiger partial charge in [-0.1, -0.05) is 35.1 Å². The van der Waals surface area contributed by atoms with Gasteiger partial charge in [0.15, 0.2) is 5.13 Å². The number of rotatable bonds is 6. The summed E-state index contributed by atoms with van der Waals surface area (Å²) in [5.74, 6) is -0.251. The first-order valence-electron chi connectivity index (χ1n) is 12.4. The fraction of sp³-hybridized carbons (Fsp3) is 0.296. The van der Waals surface area contributed by atoms with Gasteiger partial charge in [-0.15, -0.1) is 0 Å². The number of H-pyrrole nitrogens is 1. The third-order valence-electron chi connectivity index (χ3n) is 6.71. The molecule has 3 heterocycles. The third kappa shape index (κ3) is 5.93. The summed E-state index contributed by atoms with van der Waals surface area (Å²) in [4.78, 5) is 22.4. The first-order chi connectivity index (χ1) is 19.0. The number of likely N-dealkylation sites (N-methyl/N-ethyl adjacent to an activating group) is 1. The van der Waals surface area contributed by atoms with Gasteiger partial charge in [0.25, 0.3) is 0 Å². The molecule has 1 fully saturated rings. The summed E-state index contributed by atoms with van der Waals surface area (Å²) >= 11 is 7.11. The monoisotopic (exact) mass is 590 g/mol. The number of nitrogens with zero attached hydrogens (tertiary/aromatic N) is 5. The van der Waals surface area contributed by atoms with Gasteiger partial charge in [0.05, 0.1) is 23.8 Å². The van der Waals surface area contributed by atoms with Crippen LogP contribution in [0.15, 0.2) is 42.6 Å². The lowest BCUT2D eigenvalue weighted by atomic mass is 9.98. The summed E-state index contributed by atoms with van der Waals surface area (Å²) in [6.45, 7) is 2.76. The number of alkyl halides is 3. The molecule has 5 rings (SSSR count). The van der Waals surface area contributed by atoms with Crippen LogP contribution in [-0.2, 0) is 11.0 Å². The summed E-state index contributed by atoms with van der Waals surface area (Å²) in [6.07, 6.45) is -1.61. The number of piperazine rings is 1. The van der Waals surface area contributed by atoms with Crippen LogP contribution in [0.4, 0.5) is 18.3 Å². The van der Waals surface area contributed by atoms with Crippen molar-refractivity contribution in [2.75, 3.05) is 51.7 Å². The molecular weight excluding hydrogens is 565 g/mol. The Bertz CT molecular complexity index is 1570. The SMILES string of the molecule is CN(C)C(=O)CN1CCN(c2nc(O)c(C(=Cc3ccc(Cl)cc3C(F)(F)F)c3ccc4[nH]ncc4c3)s2)CC1. The molecule has 0 aliphatic carbocycles. The molecule has 4 aromatic rings. The summed E-state index contributed by atoms with van der Waals surface area (Å²) in [5, 5.41) is 19.1. The maximum Gasteiger partial charge on any atom is 0.417 e. The Morgan fingerprint density at radius 1 is 1.18 bits per heavy atom. The Labute approximate surface area is 237 Å². The summed E-state index contributed by atoms with van der Waals surface area (Å²) in [6, 6.07) is 8.95. The molecule has 0 radical (unpaired) electrons. The fourth-order valence-corrected chi connectivity index (χ4v) is 5.71. The molecule has 40 heavy (non-hydrogen) atoms. The molecule has 8 nitrogen and oxygen atoms in total. The second-order valence-electron chi connectivity index (χ2n) is 9.66. The molecule has 2 aromatic heterocycles. The van der Waals surface area contributed by atoms with Gasteiger partial charge in [-0.05, 0) is 41.5 Å². The van der Waals surface area contributed by atoms with E-state index in [2.05, 4.69) is 20.1 Å². The number of nitrogens with one attached hydrogen (secondary N) is 1. The van der Waals surface area contributed by atoms with Crippen LogP contribution in [0.1, 0.15) is 21.6 Å². The number of anilines is 1. The minimum absolute atomic E-state index is 0.0208. The van der Waals surface area contributed by atoms with Crippen molar-refractivity contribution in [3.05, 3.63) is 69.2 Å². The van der Waals surface area contributed by atoms with Crippen molar-refractivity contribution in [1.82, 2.24) is 25.0 Å². The molecule has 0 atom stereocenters. The first kappa shape index (κ1) is 27.9. The van der Waals surface area contributed by atoms with Crippen molar-refractivity contribution in [2.45, 2.75) is 6.18 Å². The van der Waals surface area contributed by atoms with Crippen molar-refractivity contribution >= 4 is 56.5 Å². The maximum atomic E-state index is 13.9. The van der Waals surface area contributed by atoms with Crippen LogP contribution in [0, 0.1) is 0 Å². The second-order valence-corrected chi connectivity index (χ2v) is 11.1. The molecule has 2 aromatic carbocycles. The van der Waals surface area contributed by atoms with Crippen molar-refractivity contribution in [3.63, 3.8) is 0 Å². The van der Waals surface area contributed by atoms with E-state index in [0.29, 0.717) is 53.9 Å². The molecule has 1 saturated heterocycles. The van der Waals surface area contributed by atoms with Crippen LogP contribution in [0.25, 0.3) is 22.6 Å². The zero-order chi connectivity index (χ0) is 28.6. The van der Waals surface area contributed by atoms with Crippen molar-refractivity contribution in [1.29, 1.82) is 0 Å². The van der Waals surface area contributed by atoms with Gasteiger partial charge in [-0.2, -0.15) is 23.3 Å². The molecule has 1 amide bonds. The minimum Gasteiger partial charge on any atom is -0.492 e. The molecule has 0 unspecified atom stereocenters. The van der Waals surface area contributed by atoms with E-state index < -0.39 is 11.7 Å². The van der Waals surface area contributed by atoms with Gasteiger partial charge < -0.3 is 14.9 Å². The second kappa shape index (κ2) is 11.1. The molecule has 0 saturated carbocycles. The molecule has 1 aliphatic rings. The molecule has 2 N–H and O–H groups in total. The zero-order valence-corrected chi connectivity index (χ0v) is 23.2. The Balaban J connectivity index is 1.52. The van der Waals surface area contributed by atoms with Crippen LogP contribution in [0.5, 0.6) is 5.88 Å². The largest absolute Gasteiger partial charge is 0.492 e. The van der Waals surface area contributed by atoms with E-state index in [1.807, 2.05) is 4.90 Å². The van der Waals surface area contributed by atoms with E-state index in [9.17, 15) is 23.1 Å². The van der Waals surface area contributed by atoms with Crippen LogP contribution < -0.4 is 4.90 Å². The molecule has 1 aliphatic heterocycles. The highest BCUT2D eigenvalue weighted by atomic mass is 35.5. The van der Waals surface area contributed by atoms with Crippen LogP contribution in [0.3, 0.4) is 0 Å². The molecular formula is C27H26ClF3N6O2S. The quantitative estimate of drug-likeness (QED) is 0.300. The molecule has 0 bridgehead atoms. The number of aromatic nitrogens is 3. The number of thiazole rings is 1. The highest BCUT2D eigenvalue weighted by Crippen LogP contribution is 2.42. The van der Waals surface area contributed by atoms with Gasteiger partial charge in [-0.3, -0.25) is 14.8 Å². The van der Waals surface area contributed by atoms with E-state index >= 15 is 0 Å². The number of benzene rings is 2. The number of hydrogen-bond acceptors (Lipinski definition) is 7. The predicted octanol–water partition coefficient (Wildman–Crippen LogP) is 5.20. The Hall–Kier alpha value is -3.61. The Kier molecular flexibility index (Phi) is 7.76. The van der Waals surface area contributed by atoms with E-state index in [-0.39, 0.29) is 22.4 Å². The summed E-state index contributed by atoms with van der Waals surface area (Å²) < 4.78 is 41.8. The summed E-state index contributed by atoms with van der Waals surface area (Å²) in [7, 11) is 3.44. The number of hydrogen-bond donors (Lipinski definition) is 2. The highest BCUT2D eigenvalue weighted by Gasteiger charge is 2.33. The van der Waals surface area contributed by atoms with Crippen LogP contribution in [0.2, 0.25) is 5.02 Å². The maximum absolute atomic E-state index is 13.9. The summed E-state index contributed by atoms with van der Waals surface area (Å²) in [5.41, 5.74) is 0.773. The molecule has 13 heteroatoms. The molecule has 0 spiro atoms. The zero-order valence-electron chi connectivity index (χ0n) is 21.7. The van der Waals surface area contributed by atoms with E-state index in [0.717, 1.165) is 17.0 Å². The lowest BCUT2D eigenvalue weighted by Gasteiger charge is -2.34. The molecule has 210 valence electrons. The smallest absolute Gasteiger partial charge is 0.417 e. The van der Waals surface area contributed by atoms with Crippen LogP contribution >= 0.6 is 22.9 Å². The minimum atomic E-state index is -4.63. The van der Waals surface area contributed by atoms with Gasteiger partial charge in [-0.25, -0.2) is 0 Å². The number of amides is 1. The number of halogens is 4. The normalized spacial score (nSPS) is 15.2. The highest BCUT2D eigenvalue weighted by molar-refractivity contribution is 7.17. The average Bonchev–Trinajstić information content (AvgIpc) is 3.54. The number of aromatic amines is 1. The Morgan fingerprint density at radius 3 is 2.62 bits per heavy atom. The van der Waals surface area contributed by atoms with Gasteiger partial charge >= 0.3 is 6.18 Å². The number of carbonyl (C=O) groups excluding carboxylic acids is 1. The Morgan fingerprint density at radius 2 is 1.93 bits per heavy atom. The van der Waals surface area contributed by atoms with E-state index in [4.69, 9.17) is 11.6 Å². The van der Waals surface area contributed by atoms with Crippen molar-refractivity contribution in [2.24, 2.45) is 0 Å². The predicted molar refractivity (Wildman–Crippen MR) is 151 cm³/mol. The lowest BCUT2D eigenvalue weighted by molar-refractivity contribution is -0.137. The van der Waals surface area contributed by atoms with E-state index in [1.165, 1.54) is 29.5 Å². The average molecular weight is 591 g/mol. The van der Waals surface area contributed by atoms with Crippen molar-refractivity contribution in [3.8, 4) is 5.88 Å². The topological polar surface area (TPSA) is 88.6 Å². The van der Waals surface area contributed by atoms with Gasteiger partial charge in [0.1, 0.15) is 4.88 Å². The van der Waals surface area contributed by atoms with Crippen molar-refractivity contribution < 1.29 is 23.1 Å². The lowest BCUT2D eigenvalue weighted by Crippen LogP contribution is -2.49. The van der Waals surface area contributed by atoms with Gasteiger partial charge in [0.2, 0.25) is 11.8 Å². The number of fused-ring (bicyclic) bond motifs is 1. The number of carbonyl (C=O) groups is 1. The van der Waals surface area contributed by atoms with Gasteiger partial charge in [0, 0.05) is 56.3 Å². The first-order valence-corrected chi connectivity index (χ1v) is 13.6. The fourth-order valence-electron chi connectivity index (χ4n) is 4.49. The van der Waals surface area contributed by atoms with Crippen LogP contribution in [-0.4, -0.2) is 82.8 Å². The third-order valence-corrected chi connectivity index (χ3v) is 8.09. The van der Waals surface area contributed by atoms with E-state index in [1.54, 1.807) is 43.4 Å². The standard InChI is InChI=1S/C27H26ClF3N6O2S/c1-35(2)23(38)15-36-7-9-37(10-8-36)26-33-25(39)24(40-26)20(16-4-6-22-18(11-16)14-32-34-22)12-17-3-5-19(28)13-21(17)27(29,30)31/h3-6,11-14,39H,7-10,15H2,1-2H3,(H,32,34).